The molecule has 0 bridgehead atoms. The minimum absolute atomic E-state index is 0.0558. The van der Waals surface area contributed by atoms with Crippen molar-refractivity contribution in [3.63, 3.8) is 0 Å². The van der Waals surface area contributed by atoms with Gasteiger partial charge in [0.15, 0.2) is 5.69 Å². The maximum atomic E-state index is 12.9. The van der Waals surface area contributed by atoms with Gasteiger partial charge in [-0.15, -0.1) is 0 Å². The number of tetrazole rings is 1. The minimum Gasteiger partial charge on any atom is -0.336 e. The normalized spacial score (nSPS) is 14.6. The lowest BCUT2D eigenvalue weighted by molar-refractivity contribution is 0.0742. The van der Waals surface area contributed by atoms with Gasteiger partial charge in [-0.1, -0.05) is 41.5 Å². The maximum Gasteiger partial charge on any atom is 0.275 e. The SMILES string of the molecule is O=C(c1n[nH]c2ccccc12)N1CCN(c2nnnn2-c2ccccc2)CC1. The fourth-order valence-corrected chi connectivity index (χ4v) is 3.50. The molecule has 1 aliphatic heterocycles. The standard InChI is InChI=1S/C19H18N8O/c28-18(17-15-8-4-5-9-16(15)20-21-17)25-10-12-26(13-11-25)19-22-23-24-27(19)14-6-2-1-3-7-14/h1-9H,10-13H2,(H,20,21). The van der Waals surface area contributed by atoms with Gasteiger partial charge in [-0.2, -0.15) is 9.78 Å². The Hall–Kier alpha value is -3.75. The highest BCUT2D eigenvalue weighted by atomic mass is 16.2. The first kappa shape index (κ1) is 16.4. The first-order valence-electron chi connectivity index (χ1n) is 9.12. The van der Waals surface area contributed by atoms with E-state index in [-0.39, 0.29) is 5.91 Å². The molecule has 0 radical (unpaired) electrons. The van der Waals surface area contributed by atoms with E-state index in [1.807, 2.05) is 59.5 Å². The molecule has 1 N–H and O–H groups in total. The van der Waals surface area contributed by atoms with Crippen LogP contribution in [0.4, 0.5) is 5.95 Å². The van der Waals surface area contributed by atoms with Gasteiger partial charge in [-0.25, -0.2) is 0 Å². The van der Waals surface area contributed by atoms with Crippen LogP contribution < -0.4 is 4.90 Å². The van der Waals surface area contributed by atoms with Crippen LogP contribution in [0.5, 0.6) is 0 Å². The third kappa shape index (κ3) is 2.77. The van der Waals surface area contributed by atoms with E-state index in [2.05, 4.69) is 30.6 Å². The number of aromatic nitrogens is 6. The Labute approximate surface area is 160 Å². The molecule has 3 heterocycles. The molecular weight excluding hydrogens is 356 g/mol. The number of hydrogen-bond acceptors (Lipinski definition) is 6. The molecule has 5 rings (SSSR count). The molecule has 1 fully saturated rings. The third-order valence-corrected chi connectivity index (χ3v) is 4.98. The average molecular weight is 374 g/mol. The van der Waals surface area contributed by atoms with E-state index >= 15 is 0 Å². The van der Waals surface area contributed by atoms with Gasteiger partial charge in [0.05, 0.1) is 11.2 Å². The van der Waals surface area contributed by atoms with Crippen LogP contribution in [0.3, 0.4) is 0 Å². The lowest BCUT2D eigenvalue weighted by atomic mass is 10.2. The Balaban J connectivity index is 1.32. The fourth-order valence-electron chi connectivity index (χ4n) is 3.50. The highest BCUT2D eigenvalue weighted by molar-refractivity contribution is 6.04. The van der Waals surface area contributed by atoms with E-state index in [0.717, 1.165) is 16.6 Å². The molecule has 1 amide bonds. The van der Waals surface area contributed by atoms with E-state index in [1.54, 1.807) is 4.68 Å². The van der Waals surface area contributed by atoms with E-state index in [0.29, 0.717) is 37.8 Å². The molecule has 2 aromatic carbocycles. The van der Waals surface area contributed by atoms with Crippen LogP contribution in [0.1, 0.15) is 10.5 Å². The molecular formula is C19H18N8O. The second kappa shape index (κ2) is 6.76. The number of rotatable bonds is 3. The van der Waals surface area contributed by atoms with Crippen LogP contribution in [0, 0.1) is 0 Å². The Morgan fingerprint density at radius 3 is 2.50 bits per heavy atom. The highest BCUT2D eigenvalue weighted by Crippen LogP contribution is 2.20. The topological polar surface area (TPSA) is 95.8 Å². The molecule has 2 aromatic heterocycles. The summed E-state index contributed by atoms with van der Waals surface area (Å²) in [6.45, 7) is 2.48. The Bertz CT molecular complexity index is 1110. The second-order valence-corrected chi connectivity index (χ2v) is 6.62. The van der Waals surface area contributed by atoms with Crippen molar-refractivity contribution in [1.29, 1.82) is 0 Å². The molecule has 1 aliphatic rings. The first-order chi connectivity index (χ1) is 13.8. The summed E-state index contributed by atoms with van der Waals surface area (Å²) in [5, 5.41) is 20.1. The van der Waals surface area contributed by atoms with Crippen LogP contribution >= 0.6 is 0 Å². The van der Waals surface area contributed by atoms with Gasteiger partial charge in [-0.05, 0) is 28.6 Å². The summed E-state index contributed by atoms with van der Waals surface area (Å²) < 4.78 is 1.72. The number of anilines is 1. The number of nitrogens with one attached hydrogen (secondary N) is 1. The van der Waals surface area contributed by atoms with Crippen LogP contribution in [0.25, 0.3) is 16.6 Å². The summed E-state index contributed by atoms with van der Waals surface area (Å²) >= 11 is 0. The number of benzene rings is 2. The molecule has 1 saturated heterocycles. The Kier molecular flexibility index (Phi) is 3.97. The van der Waals surface area contributed by atoms with Crippen molar-refractivity contribution in [2.24, 2.45) is 0 Å². The predicted molar refractivity (Wildman–Crippen MR) is 103 cm³/mol. The molecule has 4 aromatic rings. The van der Waals surface area contributed by atoms with Crippen molar-refractivity contribution in [3.8, 4) is 5.69 Å². The van der Waals surface area contributed by atoms with Gasteiger partial charge in [0.25, 0.3) is 5.91 Å². The molecule has 9 nitrogen and oxygen atoms in total. The summed E-state index contributed by atoms with van der Waals surface area (Å²) in [6, 6.07) is 17.4. The largest absolute Gasteiger partial charge is 0.336 e. The molecule has 28 heavy (non-hydrogen) atoms. The van der Waals surface area contributed by atoms with Gasteiger partial charge < -0.3 is 9.80 Å². The number of amides is 1. The molecule has 9 heteroatoms. The predicted octanol–water partition coefficient (Wildman–Crippen LogP) is 1.50. The first-order valence-corrected chi connectivity index (χ1v) is 9.12. The maximum absolute atomic E-state index is 12.9. The van der Waals surface area contributed by atoms with Crippen molar-refractivity contribution in [1.82, 2.24) is 35.3 Å². The number of nitrogens with zero attached hydrogens (tertiary/aromatic N) is 7. The zero-order valence-corrected chi connectivity index (χ0v) is 15.1. The number of aromatic amines is 1. The van der Waals surface area contributed by atoms with Crippen LogP contribution in [-0.2, 0) is 0 Å². The molecule has 140 valence electrons. The molecule has 0 saturated carbocycles. The molecule has 0 atom stereocenters. The molecule has 0 unspecified atom stereocenters. The lowest BCUT2D eigenvalue weighted by Gasteiger charge is -2.34. The summed E-state index contributed by atoms with van der Waals surface area (Å²) in [6.07, 6.45) is 0. The summed E-state index contributed by atoms with van der Waals surface area (Å²) in [4.78, 5) is 16.9. The lowest BCUT2D eigenvalue weighted by Crippen LogP contribution is -2.49. The summed E-state index contributed by atoms with van der Waals surface area (Å²) in [5.41, 5.74) is 2.24. The van der Waals surface area contributed by atoms with Crippen molar-refractivity contribution in [3.05, 3.63) is 60.3 Å². The number of piperazine rings is 1. The van der Waals surface area contributed by atoms with Crippen molar-refractivity contribution >= 4 is 22.8 Å². The van der Waals surface area contributed by atoms with E-state index in [1.165, 1.54) is 0 Å². The quantitative estimate of drug-likeness (QED) is 0.584. The van der Waals surface area contributed by atoms with Crippen molar-refractivity contribution in [2.75, 3.05) is 31.1 Å². The van der Waals surface area contributed by atoms with Gasteiger partial charge in [-0.3, -0.25) is 9.89 Å². The van der Waals surface area contributed by atoms with E-state index in [4.69, 9.17) is 0 Å². The van der Waals surface area contributed by atoms with Gasteiger partial charge in [0.1, 0.15) is 0 Å². The van der Waals surface area contributed by atoms with Gasteiger partial charge >= 0.3 is 0 Å². The van der Waals surface area contributed by atoms with Crippen molar-refractivity contribution in [2.45, 2.75) is 0 Å². The third-order valence-electron chi connectivity index (χ3n) is 4.98. The number of H-pyrrole nitrogens is 1. The van der Waals surface area contributed by atoms with Crippen LogP contribution in [0.15, 0.2) is 54.6 Å². The Morgan fingerprint density at radius 2 is 1.68 bits per heavy atom. The van der Waals surface area contributed by atoms with E-state index in [9.17, 15) is 4.79 Å². The monoisotopic (exact) mass is 374 g/mol. The molecule has 0 spiro atoms. The second-order valence-electron chi connectivity index (χ2n) is 6.62. The zero-order chi connectivity index (χ0) is 18.9. The number of carbonyl (C=O) groups excluding carboxylic acids is 1. The van der Waals surface area contributed by atoms with Crippen LogP contribution in [-0.4, -0.2) is 67.4 Å². The molecule has 0 aliphatic carbocycles. The minimum atomic E-state index is -0.0558. The Morgan fingerprint density at radius 1 is 0.929 bits per heavy atom. The van der Waals surface area contributed by atoms with Crippen LogP contribution in [0.2, 0.25) is 0 Å². The number of carbonyl (C=O) groups is 1. The van der Waals surface area contributed by atoms with Crippen molar-refractivity contribution < 1.29 is 4.79 Å². The summed E-state index contributed by atoms with van der Waals surface area (Å²) in [7, 11) is 0. The average Bonchev–Trinajstić information content (AvgIpc) is 3.41. The number of para-hydroxylation sites is 2. The number of fused-ring (bicyclic) bond motifs is 1. The highest BCUT2D eigenvalue weighted by Gasteiger charge is 2.27. The number of hydrogen-bond donors (Lipinski definition) is 1. The zero-order valence-electron chi connectivity index (χ0n) is 15.1. The smallest absolute Gasteiger partial charge is 0.275 e. The van der Waals surface area contributed by atoms with Gasteiger partial charge in [0, 0.05) is 31.6 Å². The van der Waals surface area contributed by atoms with E-state index < -0.39 is 0 Å². The fraction of sp³-hybridized carbons (Fsp3) is 0.211. The summed E-state index contributed by atoms with van der Waals surface area (Å²) in [5.74, 6) is 0.628. The van der Waals surface area contributed by atoms with Gasteiger partial charge in [0.2, 0.25) is 5.95 Å².